The maximum atomic E-state index is 5.51. The Hall–Kier alpha value is -2.94. The van der Waals surface area contributed by atoms with E-state index in [1.807, 2.05) is 36.4 Å². The van der Waals surface area contributed by atoms with Gasteiger partial charge in [-0.2, -0.15) is 0 Å². The van der Waals surface area contributed by atoms with E-state index < -0.39 is 5.54 Å². The van der Waals surface area contributed by atoms with E-state index in [9.17, 15) is 0 Å². The van der Waals surface area contributed by atoms with E-state index >= 15 is 0 Å². The number of benzene rings is 3. The van der Waals surface area contributed by atoms with E-state index in [4.69, 9.17) is 9.83 Å². The molecular formula is C19H12N2O. The summed E-state index contributed by atoms with van der Waals surface area (Å²) in [6.07, 6.45) is 3.96. The lowest BCUT2D eigenvalue weighted by Gasteiger charge is -2.26. The molecule has 0 aliphatic carbocycles. The highest BCUT2D eigenvalue weighted by Gasteiger charge is 2.37. The smallest absolute Gasteiger partial charge is 0.164 e. The van der Waals surface area contributed by atoms with Crippen molar-refractivity contribution in [2.75, 3.05) is 0 Å². The third kappa shape index (κ3) is 1.45. The summed E-state index contributed by atoms with van der Waals surface area (Å²) < 4.78 is 0. The van der Waals surface area contributed by atoms with Gasteiger partial charge in [-0.3, -0.25) is 4.99 Å². The van der Waals surface area contributed by atoms with Gasteiger partial charge in [-0.05, 0) is 34.2 Å². The van der Waals surface area contributed by atoms with Gasteiger partial charge in [-0.1, -0.05) is 53.7 Å². The molecule has 1 spiro atoms. The Balaban J connectivity index is 1.92. The lowest BCUT2D eigenvalue weighted by Crippen LogP contribution is -2.26. The third-order valence-corrected chi connectivity index (χ3v) is 4.31. The lowest BCUT2D eigenvalue weighted by molar-refractivity contribution is 0.325. The Morgan fingerprint density at radius 1 is 0.864 bits per heavy atom. The Morgan fingerprint density at radius 2 is 1.73 bits per heavy atom. The van der Waals surface area contributed by atoms with Crippen LogP contribution in [0, 0.1) is 0 Å². The predicted molar refractivity (Wildman–Crippen MR) is 86.4 cm³/mol. The Kier molecular flexibility index (Phi) is 2.15. The highest BCUT2D eigenvalue weighted by atomic mass is 16.6. The Labute approximate surface area is 126 Å². The van der Waals surface area contributed by atoms with Crippen LogP contribution in [0.15, 0.2) is 70.8 Å². The lowest BCUT2D eigenvalue weighted by atomic mass is 9.86. The zero-order valence-electron chi connectivity index (χ0n) is 11.7. The second-order valence-corrected chi connectivity index (χ2v) is 5.63. The third-order valence-electron chi connectivity index (χ3n) is 4.31. The monoisotopic (exact) mass is 284 g/mol. The van der Waals surface area contributed by atoms with Crippen LogP contribution in [0.25, 0.3) is 16.8 Å². The van der Waals surface area contributed by atoms with Gasteiger partial charge in [-0.25, -0.2) is 0 Å². The van der Waals surface area contributed by atoms with Crippen molar-refractivity contribution in [3.63, 3.8) is 0 Å². The second kappa shape index (κ2) is 4.04. The molecule has 3 aromatic carbocycles. The van der Waals surface area contributed by atoms with Crippen molar-refractivity contribution in [2.24, 2.45) is 10.1 Å². The van der Waals surface area contributed by atoms with Crippen molar-refractivity contribution in [3.8, 4) is 5.75 Å². The highest BCUT2D eigenvalue weighted by molar-refractivity contribution is 5.97. The van der Waals surface area contributed by atoms with Crippen LogP contribution in [0.4, 0.5) is 0 Å². The molecule has 0 saturated heterocycles. The number of oxime groups is 1. The molecule has 3 aromatic rings. The van der Waals surface area contributed by atoms with Gasteiger partial charge < -0.3 is 4.84 Å². The van der Waals surface area contributed by atoms with Crippen molar-refractivity contribution in [2.45, 2.75) is 5.54 Å². The summed E-state index contributed by atoms with van der Waals surface area (Å²) in [5.74, 6) is 0.772. The maximum Gasteiger partial charge on any atom is 0.164 e. The summed E-state index contributed by atoms with van der Waals surface area (Å²) in [4.78, 5) is 10.5. The second-order valence-electron chi connectivity index (χ2n) is 5.63. The van der Waals surface area contributed by atoms with Crippen molar-refractivity contribution in [1.82, 2.24) is 0 Å². The molecule has 2 heterocycles. The van der Waals surface area contributed by atoms with Crippen LogP contribution in [0.2, 0.25) is 0 Å². The van der Waals surface area contributed by atoms with Gasteiger partial charge in [0, 0.05) is 5.56 Å². The topological polar surface area (TPSA) is 34.0 Å². The van der Waals surface area contributed by atoms with Gasteiger partial charge in [0.1, 0.15) is 5.54 Å². The SMILES string of the molecule is C1=NOc2ccc3ccccc3c2C12C=c1ccccc1=N2. The molecule has 0 bridgehead atoms. The molecule has 104 valence electrons. The summed E-state index contributed by atoms with van der Waals surface area (Å²) in [6.45, 7) is 0. The largest absolute Gasteiger partial charge is 0.357 e. The fraction of sp³-hybridized carbons (Fsp3) is 0.0526. The molecule has 3 nitrogen and oxygen atoms in total. The van der Waals surface area contributed by atoms with Crippen molar-refractivity contribution in [1.29, 1.82) is 0 Å². The summed E-state index contributed by atoms with van der Waals surface area (Å²) in [5.41, 5.74) is 0.495. The Bertz CT molecular complexity index is 1030. The quantitative estimate of drug-likeness (QED) is 0.624. The zero-order valence-corrected chi connectivity index (χ0v) is 11.7. The molecule has 0 radical (unpaired) electrons. The van der Waals surface area contributed by atoms with Crippen LogP contribution in [0.1, 0.15) is 5.56 Å². The number of rotatable bonds is 0. The van der Waals surface area contributed by atoms with Gasteiger partial charge in [0.05, 0.1) is 11.6 Å². The van der Waals surface area contributed by atoms with E-state index in [1.165, 1.54) is 5.39 Å². The average Bonchev–Trinajstić information content (AvgIpc) is 2.93. The van der Waals surface area contributed by atoms with E-state index in [0.717, 1.165) is 27.3 Å². The number of hydrogen-bond acceptors (Lipinski definition) is 3. The minimum atomic E-state index is -0.571. The van der Waals surface area contributed by atoms with Gasteiger partial charge in [-0.15, -0.1) is 0 Å². The van der Waals surface area contributed by atoms with Gasteiger partial charge in [0.25, 0.3) is 0 Å². The fourth-order valence-electron chi connectivity index (χ4n) is 3.34. The van der Waals surface area contributed by atoms with Gasteiger partial charge >= 0.3 is 0 Å². The van der Waals surface area contributed by atoms with Gasteiger partial charge in [0.15, 0.2) is 5.75 Å². The molecular weight excluding hydrogens is 272 g/mol. The number of fused-ring (bicyclic) bond motifs is 5. The van der Waals surface area contributed by atoms with E-state index in [0.29, 0.717) is 0 Å². The fourth-order valence-corrected chi connectivity index (χ4v) is 3.34. The molecule has 1 atom stereocenters. The summed E-state index contributed by atoms with van der Waals surface area (Å²) in [5, 5.41) is 8.55. The molecule has 0 saturated carbocycles. The molecule has 1 unspecified atom stereocenters. The first-order chi connectivity index (χ1) is 10.9. The number of hydrogen-bond donors (Lipinski definition) is 0. The summed E-state index contributed by atoms with van der Waals surface area (Å²) in [6, 6.07) is 20.5. The first kappa shape index (κ1) is 11.7. The molecule has 22 heavy (non-hydrogen) atoms. The first-order valence-electron chi connectivity index (χ1n) is 7.27. The number of para-hydroxylation sites is 1. The van der Waals surface area contributed by atoms with Crippen LogP contribution in [-0.2, 0) is 5.54 Å². The van der Waals surface area contributed by atoms with E-state index in [1.54, 1.807) is 6.21 Å². The molecule has 0 aromatic heterocycles. The van der Waals surface area contributed by atoms with Gasteiger partial charge in [0.2, 0.25) is 0 Å². The molecule has 5 rings (SSSR count). The van der Waals surface area contributed by atoms with Crippen LogP contribution in [-0.4, -0.2) is 6.21 Å². The van der Waals surface area contributed by atoms with Crippen LogP contribution < -0.4 is 15.4 Å². The van der Waals surface area contributed by atoms with Crippen molar-refractivity contribution < 1.29 is 4.84 Å². The maximum absolute atomic E-state index is 5.51. The molecule has 0 amide bonds. The Morgan fingerprint density at radius 3 is 2.68 bits per heavy atom. The van der Waals surface area contributed by atoms with E-state index in [-0.39, 0.29) is 0 Å². The predicted octanol–water partition coefficient (Wildman–Crippen LogP) is 2.53. The summed E-state index contributed by atoms with van der Waals surface area (Å²) >= 11 is 0. The standard InChI is InChI=1S/C19H12N2O/c1-3-7-15-13(5-1)9-10-17-18(15)19(12-20-22-17)11-14-6-2-4-8-16(14)21-19/h1-12H. The zero-order chi connectivity index (χ0) is 14.6. The first-order valence-corrected chi connectivity index (χ1v) is 7.27. The molecule has 2 aliphatic rings. The normalized spacial score (nSPS) is 20.9. The molecule has 3 heteroatoms. The highest BCUT2D eigenvalue weighted by Crippen LogP contribution is 2.41. The van der Waals surface area contributed by atoms with Crippen LogP contribution in [0.3, 0.4) is 0 Å². The number of nitrogens with zero attached hydrogens (tertiary/aromatic N) is 2. The van der Waals surface area contributed by atoms with Crippen molar-refractivity contribution >= 4 is 23.1 Å². The minimum Gasteiger partial charge on any atom is -0.357 e. The average molecular weight is 284 g/mol. The van der Waals surface area contributed by atoms with Crippen molar-refractivity contribution in [3.05, 3.63) is 76.8 Å². The van der Waals surface area contributed by atoms with E-state index in [2.05, 4.69) is 35.5 Å². The van der Waals surface area contributed by atoms with Crippen LogP contribution >= 0.6 is 0 Å². The minimum absolute atomic E-state index is 0.571. The molecule has 0 fully saturated rings. The van der Waals surface area contributed by atoms with Crippen LogP contribution in [0.5, 0.6) is 5.75 Å². The molecule has 2 aliphatic heterocycles. The summed E-state index contributed by atoms with van der Waals surface area (Å²) in [7, 11) is 0. The molecule has 0 N–H and O–H groups in total.